The number of hydrogen-bond acceptors (Lipinski definition) is 5. The molecule has 0 fully saturated rings. The van der Waals surface area contributed by atoms with Crippen LogP contribution in [-0.4, -0.2) is 23.7 Å². The molecule has 0 aliphatic rings. The van der Waals surface area contributed by atoms with Crippen LogP contribution in [0.1, 0.15) is 25.6 Å². The molecule has 27 heavy (non-hydrogen) atoms. The second kappa shape index (κ2) is 7.86. The predicted octanol–water partition coefficient (Wildman–Crippen LogP) is 5.19. The van der Waals surface area contributed by atoms with Crippen LogP contribution < -0.4 is 10.6 Å². The highest BCUT2D eigenvalue weighted by Crippen LogP contribution is 2.32. The minimum Gasteiger partial charge on any atom is -0.382 e. The van der Waals surface area contributed by atoms with E-state index in [9.17, 15) is 9.59 Å². The third-order valence-corrected chi connectivity index (χ3v) is 5.62. The van der Waals surface area contributed by atoms with E-state index in [1.807, 2.05) is 0 Å². The number of nitrogen functional groups attached to an aromatic ring is 1. The maximum atomic E-state index is 12.8. The van der Waals surface area contributed by atoms with E-state index in [-0.39, 0.29) is 38.1 Å². The molecule has 1 aromatic heterocycles. The van der Waals surface area contributed by atoms with Crippen molar-refractivity contribution in [2.45, 2.75) is 0 Å². The summed E-state index contributed by atoms with van der Waals surface area (Å²) in [5.74, 6) is -0.687. The average Bonchev–Trinajstić information content (AvgIpc) is 3.01. The Morgan fingerprint density at radius 2 is 1.78 bits per heavy atom. The summed E-state index contributed by atoms with van der Waals surface area (Å²) >= 11 is 18.9. The van der Waals surface area contributed by atoms with Gasteiger partial charge in [-0.05, 0) is 36.4 Å². The Balaban J connectivity index is 1.91. The fraction of sp³-hybridized carbons (Fsp3) is 0.0556. The van der Waals surface area contributed by atoms with Crippen molar-refractivity contribution in [2.75, 3.05) is 17.7 Å². The molecule has 0 saturated carbocycles. The minimum absolute atomic E-state index is 0.0248. The first-order valence-electron chi connectivity index (χ1n) is 7.57. The number of amides is 1. The topological polar surface area (TPSA) is 76.3 Å². The number of nitrogens with two attached hydrogens (primary N) is 1. The van der Waals surface area contributed by atoms with Gasteiger partial charge < -0.3 is 5.73 Å². The molecule has 0 bridgehead atoms. The summed E-state index contributed by atoms with van der Waals surface area (Å²) in [5, 5.41) is 1.36. The van der Waals surface area contributed by atoms with Gasteiger partial charge in [-0.15, -0.1) is 0 Å². The van der Waals surface area contributed by atoms with Gasteiger partial charge in [-0.3, -0.25) is 14.5 Å². The van der Waals surface area contributed by atoms with Crippen LogP contribution in [0.4, 0.5) is 10.9 Å². The van der Waals surface area contributed by atoms with Crippen LogP contribution in [0.5, 0.6) is 0 Å². The van der Waals surface area contributed by atoms with Crippen molar-refractivity contribution >= 4 is 68.8 Å². The molecule has 3 rings (SSSR count). The quantitative estimate of drug-likeness (QED) is 0.566. The molecule has 0 atom stereocenters. The van der Waals surface area contributed by atoms with Gasteiger partial charge in [0.1, 0.15) is 10.7 Å². The first-order valence-corrected chi connectivity index (χ1v) is 9.52. The third-order valence-electron chi connectivity index (χ3n) is 3.69. The molecule has 1 heterocycles. The van der Waals surface area contributed by atoms with Crippen molar-refractivity contribution in [3.05, 3.63) is 73.5 Å². The first-order chi connectivity index (χ1) is 12.8. The fourth-order valence-electron chi connectivity index (χ4n) is 2.32. The normalized spacial score (nSPS) is 10.7. The van der Waals surface area contributed by atoms with E-state index in [4.69, 9.17) is 40.5 Å². The van der Waals surface area contributed by atoms with E-state index in [1.165, 1.54) is 17.0 Å². The number of hydrogen-bond donors (Lipinski definition) is 1. The summed E-state index contributed by atoms with van der Waals surface area (Å²) in [6.45, 7) is 0. The maximum absolute atomic E-state index is 12.8. The molecular formula is C18H12Cl3N3O2S. The van der Waals surface area contributed by atoms with Crippen LogP contribution in [0.15, 0.2) is 42.5 Å². The van der Waals surface area contributed by atoms with E-state index >= 15 is 0 Å². The number of halogens is 3. The molecule has 5 nitrogen and oxygen atoms in total. The molecule has 0 saturated heterocycles. The number of carbonyl (C=O) groups excluding carboxylic acids is 2. The first kappa shape index (κ1) is 19.6. The average molecular weight is 441 g/mol. The van der Waals surface area contributed by atoms with Gasteiger partial charge in [-0.2, -0.15) is 0 Å². The van der Waals surface area contributed by atoms with Gasteiger partial charge >= 0.3 is 0 Å². The molecule has 1 amide bonds. The zero-order valence-electron chi connectivity index (χ0n) is 13.9. The molecule has 0 aliphatic carbocycles. The number of ketones is 1. The lowest BCUT2D eigenvalue weighted by Crippen LogP contribution is -2.26. The van der Waals surface area contributed by atoms with E-state index in [2.05, 4.69) is 4.98 Å². The van der Waals surface area contributed by atoms with Crippen LogP contribution >= 0.6 is 46.1 Å². The Kier molecular flexibility index (Phi) is 5.72. The van der Waals surface area contributed by atoms with Gasteiger partial charge in [-0.1, -0.05) is 52.2 Å². The van der Waals surface area contributed by atoms with E-state index in [0.29, 0.717) is 15.6 Å². The van der Waals surface area contributed by atoms with Gasteiger partial charge in [0.2, 0.25) is 5.78 Å². The predicted molar refractivity (Wildman–Crippen MR) is 111 cm³/mol. The zero-order chi connectivity index (χ0) is 19.7. The highest BCUT2D eigenvalue weighted by Gasteiger charge is 2.24. The molecule has 138 valence electrons. The van der Waals surface area contributed by atoms with E-state index < -0.39 is 0 Å². The summed E-state index contributed by atoms with van der Waals surface area (Å²) in [6, 6.07) is 11.1. The lowest BCUT2D eigenvalue weighted by molar-refractivity contribution is 0.0991. The van der Waals surface area contributed by atoms with Crippen molar-refractivity contribution in [1.82, 2.24) is 4.98 Å². The molecule has 0 unspecified atom stereocenters. The Morgan fingerprint density at radius 3 is 2.44 bits per heavy atom. The monoisotopic (exact) mass is 439 g/mol. The lowest BCUT2D eigenvalue weighted by Gasteiger charge is -2.13. The van der Waals surface area contributed by atoms with Crippen LogP contribution in [-0.2, 0) is 0 Å². The molecule has 9 heteroatoms. The highest BCUT2D eigenvalue weighted by atomic mass is 35.5. The maximum Gasteiger partial charge on any atom is 0.259 e. The number of carbonyl (C=O) groups is 2. The Hall–Kier alpha value is -2.12. The van der Waals surface area contributed by atoms with Gasteiger partial charge in [0, 0.05) is 28.2 Å². The summed E-state index contributed by atoms with van der Waals surface area (Å²) < 4.78 is 0. The molecule has 0 radical (unpaired) electrons. The van der Waals surface area contributed by atoms with Crippen LogP contribution in [0, 0.1) is 0 Å². The van der Waals surface area contributed by atoms with Crippen molar-refractivity contribution in [3.63, 3.8) is 0 Å². The fourth-order valence-corrected chi connectivity index (χ4v) is 3.91. The van der Waals surface area contributed by atoms with Gasteiger partial charge in [0.15, 0.2) is 5.13 Å². The number of thiazole rings is 1. The summed E-state index contributed by atoms with van der Waals surface area (Å²) in [7, 11) is 1.55. The largest absolute Gasteiger partial charge is 0.382 e. The third kappa shape index (κ3) is 4.09. The number of benzene rings is 2. The zero-order valence-corrected chi connectivity index (χ0v) is 17.0. The Bertz CT molecular complexity index is 1050. The van der Waals surface area contributed by atoms with Gasteiger partial charge in [-0.25, -0.2) is 4.98 Å². The van der Waals surface area contributed by atoms with E-state index in [1.54, 1.807) is 37.4 Å². The minimum atomic E-state index is -0.387. The smallest absolute Gasteiger partial charge is 0.259 e. The Morgan fingerprint density at radius 1 is 1.07 bits per heavy atom. The number of rotatable bonds is 4. The van der Waals surface area contributed by atoms with Crippen molar-refractivity contribution < 1.29 is 9.59 Å². The molecule has 0 spiro atoms. The highest BCUT2D eigenvalue weighted by molar-refractivity contribution is 7.18. The standard InChI is InChI=1S/C18H12Cl3N3O2S/c1-24(17(26)9-3-2-4-10(19)7-9)18-23-16(22)15(27-18)14(25)12-6-5-11(20)8-13(12)21/h2-8H,22H2,1H3. The van der Waals surface area contributed by atoms with Crippen LogP contribution in [0.2, 0.25) is 15.1 Å². The Labute approximate surface area is 174 Å². The number of aromatic nitrogens is 1. The van der Waals surface area contributed by atoms with Crippen molar-refractivity contribution in [3.8, 4) is 0 Å². The molecular weight excluding hydrogens is 429 g/mol. The lowest BCUT2D eigenvalue weighted by atomic mass is 10.1. The molecule has 2 N–H and O–H groups in total. The summed E-state index contributed by atoms with van der Waals surface area (Å²) in [6.07, 6.45) is 0. The SMILES string of the molecule is CN(C(=O)c1cccc(Cl)c1)c1nc(N)c(C(=O)c2ccc(Cl)cc2Cl)s1. The number of nitrogens with zero attached hydrogens (tertiary/aromatic N) is 2. The second-order valence-corrected chi connectivity index (χ2v) is 7.80. The van der Waals surface area contributed by atoms with Gasteiger partial charge in [0.05, 0.1) is 5.02 Å². The van der Waals surface area contributed by atoms with Crippen molar-refractivity contribution in [1.29, 1.82) is 0 Å². The van der Waals surface area contributed by atoms with Crippen LogP contribution in [0.25, 0.3) is 0 Å². The summed E-state index contributed by atoms with van der Waals surface area (Å²) in [5.41, 5.74) is 6.56. The second-order valence-electron chi connectivity index (χ2n) is 5.54. The molecule has 2 aromatic carbocycles. The molecule has 3 aromatic rings. The number of anilines is 2. The van der Waals surface area contributed by atoms with Crippen molar-refractivity contribution in [2.24, 2.45) is 0 Å². The summed E-state index contributed by atoms with van der Waals surface area (Å²) in [4.78, 5) is 31.0. The van der Waals surface area contributed by atoms with Crippen LogP contribution in [0.3, 0.4) is 0 Å². The van der Waals surface area contributed by atoms with Gasteiger partial charge in [0.25, 0.3) is 5.91 Å². The van der Waals surface area contributed by atoms with E-state index in [0.717, 1.165) is 11.3 Å². The molecule has 0 aliphatic heterocycles.